The van der Waals surface area contributed by atoms with Crippen LogP contribution in [0.25, 0.3) is 0 Å². The summed E-state index contributed by atoms with van der Waals surface area (Å²) in [4.78, 5) is 0. The van der Waals surface area contributed by atoms with Crippen LogP contribution in [0.5, 0.6) is 11.5 Å². The molecule has 0 spiro atoms. The van der Waals surface area contributed by atoms with Gasteiger partial charge >= 0.3 is 0 Å². The largest absolute Gasteiger partial charge is 0.490 e. The molecule has 3 aromatic rings. The number of nitrogens with two attached hydrogens (primary N) is 1. The minimum Gasteiger partial charge on any atom is -0.490 e. The van der Waals surface area contributed by atoms with Gasteiger partial charge < -0.3 is 20.3 Å². The Bertz CT molecular complexity index is 859. The Labute approximate surface area is 178 Å². The van der Waals surface area contributed by atoms with Gasteiger partial charge in [-0.05, 0) is 35.7 Å². The van der Waals surface area contributed by atoms with E-state index in [9.17, 15) is 5.11 Å². The Morgan fingerprint density at radius 1 is 0.828 bits per heavy atom. The highest BCUT2D eigenvalue weighted by Crippen LogP contribution is 2.32. The van der Waals surface area contributed by atoms with Crippen molar-refractivity contribution in [3.8, 4) is 11.5 Å². The van der Waals surface area contributed by atoms with E-state index in [4.69, 9.17) is 15.2 Å². The summed E-state index contributed by atoms with van der Waals surface area (Å²) in [5.74, 6) is 1.30. The molecule has 0 radical (unpaired) electrons. The molecule has 0 aliphatic rings. The van der Waals surface area contributed by atoms with Gasteiger partial charge in [-0.15, -0.1) is 12.4 Å². The maximum atomic E-state index is 10.6. The molecule has 5 heteroatoms. The van der Waals surface area contributed by atoms with Gasteiger partial charge in [-0.3, -0.25) is 0 Å². The summed E-state index contributed by atoms with van der Waals surface area (Å²) >= 11 is 0. The molecule has 0 unspecified atom stereocenters. The molecule has 29 heavy (non-hydrogen) atoms. The SMILES string of the molecule is CCOc1cc([C@H](N)[C@H](O)Cc2ccccc2)ccc1OCc1ccccc1.Cl. The number of halogens is 1. The van der Waals surface area contributed by atoms with Gasteiger partial charge in [-0.25, -0.2) is 0 Å². The zero-order chi connectivity index (χ0) is 19.8. The highest BCUT2D eigenvalue weighted by atomic mass is 35.5. The third-order valence-electron chi connectivity index (χ3n) is 4.59. The molecule has 154 valence electrons. The average Bonchev–Trinajstić information content (AvgIpc) is 2.74. The van der Waals surface area contributed by atoms with Crippen LogP contribution in [0, 0.1) is 0 Å². The first-order valence-corrected chi connectivity index (χ1v) is 9.58. The minimum absolute atomic E-state index is 0. The van der Waals surface area contributed by atoms with Gasteiger partial charge in [0.25, 0.3) is 0 Å². The maximum Gasteiger partial charge on any atom is 0.161 e. The van der Waals surface area contributed by atoms with Crippen LogP contribution >= 0.6 is 12.4 Å². The van der Waals surface area contributed by atoms with E-state index >= 15 is 0 Å². The molecule has 0 fully saturated rings. The number of hydrogen-bond acceptors (Lipinski definition) is 4. The number of rotatable bonds is 9. The lowest BCUT2D eigenvalue weighted by atomic mass is 9.96. The van der Waals surface area contributed by atoms with Crippen LogP contribution in [0.3, 0.4) is 0 Å². The first-order chi connectivity index (χ1) is 13.7. The summed E-state index contributed by atoms with van der Waals surface area (Å²) < 4.78 is 11.7. The Morgan fingerprint density at radius 3 is 2.07 bits per heavy atom. The van der Waals surface area contributed by atoms with Crippen molar-refractivity contribution in [1.29, 1.82) is 0 Å². The third kappa shape index (κ3) is 6.50. The molecule has 3 N–H and O–H groups in total. The maximum absolute atomic E-state index is 10.6. The molecule has 0 aromatic heterocycles. The highest BCUT2D eigenvalue weighted by Gasteiger charge is 2.19. The number of aliphatic hydroxyl groups is 1. The Balaban J connectivity index is 0.00000300. The third-order valence-corrected chi connectivity index (χ3v) is 4.59. The van der Waals surface area contributed by atoms with Crippen molar-refractivity contribution in [1.82, 2.24) is 0 Å². The summed E-state index contributed by atoms with van der Waals surface area (Å²) in [5.41, 5.74) is 9.28. The smallest absolute Gasteiger partial charge is 0.161 e. The molecule has 0 bridgehead atoms. The van der Waals surface area contributed by atoms with Gasteiger partial charge in [-0.2, -0.15) is 0 Å². The topological polar surface area (TPSA) is 64.7 Å². The molecule has 4 nitrogen and oxygen atoms in total. The molecule has 0 saturated carbocycles. The van der Waals surface area contributed by atoms with E-state index < -0.39 is 12.1 Å². The standard InChI is InChI=1S/C24H27NO3.ClH/c1-2-27-23-16-20(24(25)21(26)15-18-9-5-3-6-10-18)13-14-22(23)28-17-19-11-7-4-8-12-19;/h3-14,16,21,24,26H,2,15,17,25H2,1H3;1H/t21-,24+;/m1./s1. The molecule has 0 amide bonds. The lowest BCUT2D eigenvalue weighted by molar-refractivity contribution is 0.145. The molecule has 0 aliphatic carbocycles. The molecule has 3 aromatic carbocycles. The molecule has 0 aliphatic heterocycles. The lowest BCUT2D eigenvalue weighted by Gasteiger charge is -2.21. The van der Waals surface area contributed by atoms with E-state index in [1.807, 2.05) is 85.8 Å². The number of benzene rings is 3. The quantitative estimate of drug-likeness (QED) is 0.534. The van der Waals surface area contributed by atoms with Crippen molar-refractivity contribution in [2.75, 3.05) is 6.61 Å². The second-order valence-corrected chi connectivity index (χ2v) is 6.70. The Hall–Kier alpha value is -2.53. The van der Waals surface area contributed by atoms with E-state index in [2.05, 4.69) is 0 Å². The first-order valence-electron chi connectivity index (χ1n) is 9.58. The fourth-order valence-corrected chi connectivity index (χ4v) is 3.06. The van der Waals surface area contributed by atoms with E-state index in [0.29, 0.717) is 31.1 Å². The van der Waals surface area contributed by atoms with Gasteiger partial charge in [-0.1, -0.05) is 66.7 Å². The van der Waals surface area contributed by atoms with E-state index in [1.165, 1.54) is 0 Å². The summed E-state index contributed by atoms with van der Waals surface area (Å²) in [6.07, 6.45) is -0.189. The van der Waals surface area contributed by atoms with Crippen LogP contribution in [0.4, 0.5) is 0 Å². The van der Waals surface area contributed by atoms with Crippen LogP contribution in [0.15, 0.2) is 78.9 Å². The zero-order valence-corrected chi connectivity index (χ0v) is 17.3. The highest BCUT2D eigenvalue weighted by molar-refractivity contribution is 5.85. The van der Waals surface area contributed by atoms with Gasteiger partial charge in [0.05, 0.1) is 18.8 Å². The van der Waals surface area contributed by atoms with Gasteiger partial charge in [0.2, 0.25) is 0 Å². The second kappa shape index (κ2) is 11.5. The van der Waals surface area contributed by atoms with Crippen LogP contribution in [0.1, 0.15) is 29.7 Å². The summed E-state index contributed by atoms with van der Waals surface area (Å²) in [6, 6.07) is 24.9. The van der Waals surface area contributed by atoms with Crippen molar-refractivity contribution in [2.24, 2.45) is 5.73 Å². The van der Waals surface area contributed by atoms with E-state index in [0.717, 1.165) is 16.7 Å². The fourth-order valence-electron chi connectivity index (χ4n) is 3.06. The minimum atomic E-state index is -0.687. The number of ether oxygens (including phenoxy) is 2. The van der Waals surface area contributed by atoms with Crippen LogP contribution in [-0.2, 0) is 13.0 Å². The predicted octanol–water partition coefficient (Wildman–Crippen LogP) is 4.69. The molecule has 3 rings (SSSR count). The van der Waals surface area contributed by atoms with Crippen LogP contribution in [-0.4, -0.2) is 17.8 Å². The number of aliphatic hydroxyl groups excluding tert-OH is 1. The average molecular weight is 414 g/mol. The van der Waals surface area contributed by atoms with Gasteiger partial charge in [0, 0.05) is 6.42 Å². The van der Waals surface area contributed by atoms with Gasteiger partial charge in [0.15, 0.2) is 11.5 Å². The Morgan fingerprint density at radius 2 is 1.45 bits per heavy atom. The van der Waals surface area contributed by atoms with Crippen molar-refractivity contribution < 1.29 is 14.6 Å². The van der Waals surface area contributed by atoms with Crippen LogP contribution < -0.4 is 15.2 Å². The molecule has 2 atom stereocenters. The molecular formula is C24H28ClNO3. The van der Waals surface area contributed by atoms with Gasteiger partial charge in [0.1, 0.15) is 6.61 Å². The summed E-state index contributed by atoms with van der Waals surface area (Å²) in [7, 11) is 0. The van der Waals surface area contributed by atoms with Crippen LogP contribution in [0.2, 0.25) is 0 Å². The fraction of sp³-hybridized carbons (Fsp3) is 0.250. The molecule has 0 saturated heterocycles. The molecule has 0 heterocycles. The predicted molar refractivity (Wildman–Crippen MR) is 119 cm³/mol. The molecular weight excluding hydrogens is 386 g/mol. The normalized spacial score (nSPS) is 12.5. The summed E-state index contributed by atoms with van der Waals surface area (Å²) in [6.45, 7) is 2.91. The number of hydrogen-bond donors (Lipinski definition) is 2. The van der Waals surface area contributed by atoms with Crippen molar-refractivity contribution in [3.05, 3.63) is 95.6 Å². The first kappa shape index (κ1) is 22.8. The van der Waals surface area contributed by atoms with E-state index in [1.54, 1.807) is 0 Å². The Kier molecular flexibility index (Phi) is 9.00. The van der Waals surface area contributed by atoms with Crippen molar-refractivity contribution in [3.63, 3.8) is 0 Å². The van der Waals surface area contributed by atoms with Crippen molar-refractivity contribution in [2.45, 2.75) is 32.1 Å². The zero-order valence-electron chi connectivity index (χ0n) is 16.5. The second-order valence-electron chi connectivity index (χ2n) is 6.70. The lowest BCUT2D eigenvalue weighted by Crippen LogP contribution is -2.28. The summed E-state index contributed by atoms with van der Waals surface area (Å²) in [5, 5.41) is 10.6. The van der Waals surface area contributed by atoms with E-state index in [-0.39, 0.29) is 12.4 Å². The monoisotopic (exact) mass is 413 g/mol. The van der Waals surface area contributed by atoms with Crippen molar-refractivity contribution >= 4 is 12.4 Å².